The highest BCUT2D eigenvalue weighted by molar-refractivity contribution is 6.31. The third-order valence-corrected chi connectivity index (χ3v) is 11.4. The molecule has 0 radical (unpaired) electrons. The Morgan fingerprint density at radius 2 is 1.11 bits per heavy atom. The molecule has 2 amide bonds. The second kappa shape index (κ2) is 20.7. The number of amides is 2. The number of aryl methyl sites for hydroxylation is 2. The molecule has 14 nitrogen and oxygen atoms in total. The number of carboxylic acid groups (broad SMARTS) is 1. The van der Waals surface area contributed by atoms with Gasteiger partial charge in [0.1, 0.15) is 22.0 Å². The molecular weight excluding hydrogens is 863 g/mol. The molecular formula is C48H58Cl2N4O10. The summed E-state index contributed by atoms with van der Waals surface area (Å²) in [5, 5.41) is 16.5. The minimum Gasteiger partial charge on any atom is -0.481 e. The minimum absolute atomic E-state index is 0.268. The van der Waals surface area contributed by atoms with Gasteiger partial charge in [0.25, 0.3) is 0 Å². The second-order valence-corrected chi connectivity index (χ2v) is 18.6. The van der Waals surface area contributed by atoms with E-state index in [4.69, 9.17) is 51.9 Å². The van der Waals surface area contributed by atoms with Gasteiger partial charge in [-0.1, -0.05) is 23.2 Å². The number of rotatable bonds is 13. The molecule has 64 heavy (non-hydrogen) atoms. The highest BCUT2D eigenvalue weighted by Gasteiger charge is 2.48. The topological polar surface area (TPSA) is 184 Å². The van der Waals surface area contributed by atoms with Gasteiger partial charge < -0.3 is 28.8 Å². The van der Waals surface area contributed by atoms with Gasteiger partial charge in [0, 0.05) is 72.1 Å². The van der Waals surface area contributed by atoms with Crippen LogP contribution in [0.5, 0.6) is 0 Å². The monoisotopic (exact) mass is 920 g/mol. The highest BCUT2D eigenvalue weighted by Crippen LogP contribution is 2.45. The van der Waals surface area contributed by atoms with Gasteiger partial charge in [-0.15, -0.1) is 0 Å². The first-order chi connectivity index (χ1) is 30.1. The number of fused-ring (bicyclic) bond motifs is 2. The number of aromatic nitrogens is 2. The van der Waals surface area contributed by atoms with Crippen LogP contribution < -0.4 is 10.6 Å². The Morgan fingerprint density at radius 3 is 1.52 bits per heavy atom. The van der Waals surface area contributed by atoms with Crippen LogP contribution >= 0.6 is 23.2 Å². The van der Waals surface area contributed by atoms with Crippen molar-refractivity contribution in [1.29, 1.82) is 0 Å². The average molecular weight is 922 g/mol. The molecule has 2 atom stereocenters. The summed E-state index contributed by atoms with van der Waals surface area (Å²) in [6.07, 6.45) is 5.43. The van der Waals surface area contributed by atoms with Gasteiger partial charge in [-0.3, -0.25) is 30.2 Å². The summed E-state index contributed by atoms with van der Waals surface area (Å²) in [4.78, 5) is 58.9. The number of nitrogens with one attached hydrogen (secondary N) is 2. The van der Waals surface area contributed by atoms with E-state index in [2.05, 4.69) is 15.6 Å². The van der Waals surface area contributed by atoms with E-state index in [1.165, 1.54) is 0 Å². The molecule has 2 aromatic heterocycles. The molecule has 0 fully saturated rings. The quantitative estimate of drug-likeness (QED) is 0.0853. The van der Waals surface area contributed by atoms with E-state index in [9.17, 15) is 24.3 Å². The van der Waals surface area contributed by atoms with E-state index in [1.54, 1.807) is 111 Å². The molecule has 2 aromatic carbocycles. The van der Waals surface area contributed by atoms with Gasteiger partial charge in [0.2, 0.25) is 0 Å². The number of hydrogen-bond donors (Lipinski definition) is 3. The fourth-order valence-electron chi connectivity index (χ4n) is 7.97. The summed E-state index contributed by atoms with van der Waals surface area (Å²) in [5.41, 5.74) is 4.04. The Kier molecular flexibility index (Phi) is 16.1. The number of pyridine rings is 2. The van der Waals surface area contributed by atoms with Gasteiger partial charge in [-0.2, -0.15) is 0 Å². The highest BCUT2D eigenvalue weighted by atomic mass is 35.5. The maximum absolute atomic E-state index is 12.9. The number of halogens is 2. The van der Waals surface area contributed by atoms with E-state index in [-0.39, 0.29) is 5.97 Å². The molecule has 0 aliphatic heterocycles. The standard InChI is InChI=1S/C25H31ClN2O5.C23H27ClN2O5/c1-6-32-22(29)25(11-12-31-5)10-9-16-13-17(15-27-21(16)25)19-14-18(26)7-8-20(19)28-23(30)33-24(2,3)4;1-22(2,3)31-21(29)26-18-6-5-16(24)12-17(18)15-11-14-7-8-23(20(27)28,9-10-30-4)19(14)25-13-15/h7-8,13-15H,6,9-12H2,1-5H3,(H,28,30);5-6,11-13H,7-10H2,1-4H3,(H,26,29)(H,27,28). The maximum Gasteiger partial charge on any atom is 0.412 e. The third-order valence-electron chi connectivity index (χ3n) is 10.9. The van der Waals surface area contributed by atoms with Crippen LogP contribution in [0.2, 0.25) is 10.0 Å². The number of anilines is 2. The first kappa shape index (κ1) is 49.7. The first-order valence-electron chi connectivity index (χ1n) is 21.1. The Labute approximate surface area is 384 Å². The molecule has 0 saturated carbocycles. The number of carbonyl (C=O) groups is 4. The van der Waals surface area contributed by atoms with Crippen LogP contribution in [0.4, 0.5) is 21.0 Å². The van der Waals surface area contributed by atoms with Crippen molar-refractivity contribution >= 4 is 58.7 Å². The third kappa shape index (κ3) is 11.9. The van der Waals surface area contributed by atoms with Crippen LogP contribution in [0.3, 0.4) is 0 Å². The molecule has 2 heterocycles. The smallest absolute Gasteiger partial charge is 0.412 e. The van der Waals surface area contributed by atoms with E-state index < -0.39 is 40.2 Å². The van der Waals surface area contributed by atoms with Gasteiger partial charge in [0.05, 0.1) is 29.4 Å². The lowest BCUT2D eigenvalue weighted by Gasteiger charge is -2.26. The Morgan fingerprint density at radius 1 is 0.688 bits per heavy atom. The van der Waals surface area contributed by atoms with Crippen molar-refractivity contribution in [2.45, 2.75) is 109 Å². The van der Waals surface area contributed by atoms with Crippen LogP contribution in [-0.2, 0) is 56.9 Å². The number of carbonyl (C=O) groups excluding carboxylic acids is 3. The molecule has 3 N–H and O–H groups in total. The van der Waals surface area contributed by atoms with Crippen LogP contribution in [0.25, 0.3) is 22.3 Å². The SMILES string of the molecule is CCOC(=O)C1(CCOC)CCc2cc(-c3cc(Cl)ccc3NC(=O)OC(C)(C)C)cnc21.COCCC1(C(=O)O)CCc2cc(-c3cc(Cl)ccc3NC(=O)OC(C)(C)C)cnc21. The molecule has 16 heteroatoms. The first-order valence-corrected chi connectivity index (χ1v) is 21.9. The summed E-state index contributed by atoms with van der Waals surface area (Å²) in [5.74, 6) is -1.16. The van der Waals surface area contributed by atoms with Gasteiger partial charge in [-0.05, 0) is 147 Å². The van der Waals surface area contributed by atoms with E-state index in [1.807, 2.05) is 12.1 Å². The van der Waals surface area contributed by atoms with Crippen molar-refractivity contribution in [2.75, 3.05) is 44.7 Å². The van der Waals surface area contributed by atoms with Crippen molar-refractivity contribution in [1.82, 2.24) is 9.97 Å². The predicted octanol–water partition coefficient (Wildman–Crippen LogP) is 10.6. The molecule has 2 aliphatic carbocycles. The fraction of sp³-hybridized carbons (Fsp3) is 0.458. The number of hydrogen-bond acceptors (Lipinski definition) is 11. The van der Waals surface area contributed by atoms with Gasteiger partial charge in [-0.25, -0.2) is 9.59 Å². The zero-order chi connectivity index (χ0) is 47.0. The Balaban J connectivity index is 0.000000241. The van der Waals surface area contributed by atoms with Gasteiger partial charge in [0.15, 0.2) is 0 Å². The minimum atomic E-state index is -1.05. The fourth-order valence-corrected chi connectivity index (χ4v) is 8.32. The van der Waals surface area contributed by atoms with Crippen molar-refractivity contribution in [2.24, 2.45) is 0 Å². The summed E-state index contributed by atoms with van der Waals surface area (Å²) in [6, 6.07) is 14.3. The maximum atomic E-state index is 12.9. The van der Waals surface area contributed by atoms with Crippen molar-refractivity contribution in [3.8, 4) is 22.3 Å². The number of carboxylic acids is 1. The molecule has 2 unspecified atom stereocenters. The summed E-state index contributed by atoms with van der Waals surface area (Å²) in [6.45, 7) is 13.7. The van der Waals surface area contributed by atoms with Crippen molar-refractivity contribution in [3.05, 3.63) is 93.5 Å². The number of esters is 1. The molecule has 2 aliphatic rings. The van der Waals surface area contributed by atoms with Crippen LogP contribution in [0.15, 0.2) is 60.9 Å². The second-order valence-electron chi connectivity index (χ2n) is 17.8. The summed E-state index contributed by atoms with van der Waals surface area (Å²) >= 11 is 12.5. The lowest BCUT2D eigenvalue weighted by molar-refractivity contribution is -0.151. The molecule has 344 valence electrons. The lowest BCUT2D eigenvalue weighted by atomic mass is 9.81. The molecule has 0 bridgehead atoms. The average Bonchev–Trinajstić information content (AvgIpc) is 3.78. The van der Waals surface area contributed by atoms with Gasteiger partial charge >= 0.3 is 24.1 Å². The lowest BCUT2D eigenvalue weighted by Crippen LogP contribution is -2.37. The van der Waals surface area contributed by atoms with E-state index in [0.29, 0.717) is 96.6 Å². The largest absolute Gasteiger partial charge is 0.481 e. The molecule has 4 aromatic rings. The molecule has 0 spiro atoms. The molecule has 0 saturated heterocycles. The predicted molar refractivity (Wildman–Crippen MR) is 246 cm³/mol. The Hall–Kier alpha value is -5.28. The zero-order valence-corrected chi connectivity index (χ0v) is 39.4. The number of nitrogens with zero attached hydrogens (tertiary/aromatic N) is 2. The number of aliphatic carboxylic acids is 1. The van der Waals surface area contributed by atoms with Crippen molar-refractivity contribution in [3.63, 3.8) is 0 Å². The van der Waals surface area contributed by atoms with E-state index >= 15 is 0 Å². The van der Waals surface area contributed by atoms with Crippen LogP contribution in [-0.4, -0.2) is 84.4 Å². The summed E-state index contributed by atoms with van der Waals surface area (Å²) < 4.78 is 26.5. The van der Waals surface area contributed by atoms with Crippen LogP contribution in [0, 0.1) is 0 Å². The normalized spacial score (nSPS) is 17.6. The van der Waals surface area contributed by atoms with E-state index in [0.717, 1.165) is 27.9 Å². The Bertz CT molecular complexity index is 2360. The molecule has 6 rings (SSSR count). The van der Waals surface area contributed by atoms with Crippen LogP contribution in [0.1, 0.15) is 96.7 Å². The number of ether oxygens (including phenoxy) is 5. The number of methoxy groups -OCH3 is 2. The van der Waals surface area contributed by atoms with Crippen molar-refractivity contribution < 1.29 is 48.0 Å². The summed E-state index contributed by atoms with van der Waals surface area (Å²) in [7, 11) is 3.17. The zero-order valence-electron chi connectivity index (χ0n) is 37.9. The number of benzene rings is 2.